The predicted octanol–water partition coefficient (Wildman–Crippen LogP) is 3.83. The van der Waals surface area contributed by atoms with Gasteiger partial charge in [0.1, 0.15) is 12.4 Å². The molecule has 0 aliphatic carbocycles. The van der Waals surface area contributed by atoms with Crippen molar-refractivity contribution in [2.24, 2.45) is 10.9 Å². The van der Waals surface area contributed by atoms with E-state index in [4.69, 9.17) is 9.57 Å². The third kappa shape index (κ3) is 4.61. The lowest BCUT2D eigenvalue weighted by molar-refractivity contribution is 0.0364. The maximum absolute atomic E-state index is 5.95. The SMILES string of the molecule is CC[C@H]1CNC[C@H]1c1cccc(OCC2=NC(c3ccccc3)ON2)c1.Cl. The number of halogens is 1. The molecule has 0 spiro atoms. The van der Waals surface area contributed by atoms with Crippen molar-refractivity contribution in [2.75, 3.05) is 19.7 Å². The van der Waals surface area contributed by atoms with Crippen LogP contribution in [0.5, 0.6) is 5.75 Å². The maximum atomic E-state index is 5.95. The number of amidine groups is 1. The molecule has 2 aromatic carbocycles. The summed E-state index contributed by atoms with van der Waals surface area (Å²) in [7, 11) is 0. The van der Waals surface area contributed by atoms with Crippen LogP contribution in [0, 0.1) is 5.92 Å². The number of hydrogen-bond acceptors (Lipinski definition) is 5. The van der Waals surface area contributed by atoms with Gasteiger partial charge in [-0.05, 0) is 30.2 Å². The highest BCUT2D eigenvalue weighted by Crippen LogP contribution is 2.32. The fourth-order valence-electron chi connectivity index (χ4n) is 3.68. The fraction of sp³-hybridized carbons (Fsp3) is 0.381. The summed E-state index contributed by atoms with van der Waals surface area (Å²) in [5.74, 6) is 2.84. The minimum Gasteiger partial charge on any atom is -0.486 e. The molecule has 2 N–H and O–H groups in total. The molecule has 0 radical (unpaired) electrons. The van der Waals surface area contributed by atoms with Crippen molar-refractivity contribution in [2.45, 2.75) is 25.5 Å². The third-order valence-corrected chi connectivity index (χ3v) is 5.17. The molecule has 2 aliphatic heterocycles. The van der Waals surface area contributed by atoms with Crippen molar-refractivity contribution < 1.29 is 9.57 Å². The van der Waals surface area contributed by atoms with Gasteiger partial charge in [0.2, 0.25) is 6.23 Å². The van der Waals surface area contributed by atoms with E-state index in [0.717, 1.165) is 24.4 Å². The monoisotopic (exact) mass is 387 g/mol. The van der Waals surface area contributed by atoms with Crippen LogP contribution < -0.4 is 15.5 Å². The number of nitrogens with one attached hydrogen (secondary N) is 2. The summed E-state index contributed by atoms with van der Waals surface area (Å²) < 4.78 is 5.95. The standard InChI is InChI=1S/C21H25N3O2.ClH/c1-2-15-12-22-13-19(15)17-9-6-10-18(11-17)25-14-20-23-21(26-24-20)16-7-4-3-5-8-16;/h3-11,15,19,21-22H,2,12-14H2,1H3,(H,23,24);1H/t15-,19+,21?;/m0./s1. The quantitative estimate of drug-likeness (QED) is 0.790. The molecular formula is C21H26ClN3O2. The molecular weight excluding hydrogens is 362 g/mol. The summed E-state index contributed by atoms with van der Waals surface area (Å²) in [6.07, 6.45) is 0.887. The first-order valence-electron chi connectivity index (χ1n) is 9.30. The molecule has 1 saturated heterocycles. The van der Waals surface area contributed by atoms with E-state index in [0.29, 0.717) is 24.3 Å². The van der Waals surface area contributed by atoms with Crippen LogP contribution in [0.15, 0.2) is 59.6 Å². The largest absolute Gasteiger partial charge is 0.486 e. The molecule has 27 heavy (non-hydrogen) atoms. The van der Waals surface area contributed by atoms with Gasteiger partial charge >= 0.3 is 0 Å². The first kappa shape index (κ1) is 19.7. The van der Waals surface area contributed by atoms with Crippen molar-refractivity contribution in [3.63, 3.8) is 0 Å². The summed E-state index contributed by atoms with van der Waals surface area (Å²) in [4.78, 5) is 10.1. The van der Waals surface area contributed by atoms with Gasteiger partial charge in [-0.1, -0.05) is 55.8 Å². The van der Waals surface area contributed by atoms with Gasteiger partial charge in [-0.3, -0.25) is 0 Å². The van der Waals surface area contributed by atoms with Crippen molar-refractivity contribution in [1.29, 1.82) is 0 Å². The molecule has 2 aliphatic rings. The zero-order valence-corrected chi connectivity index (χ0v) is 16.2. The van der Waals surface area contributed by atoms with Gasteiger partial charge in [-0.15, -0.1) is 12.4 Å². The maximum Gasteiger partial charge on any atom is 0.202 e. The van der Waals surface area contributed by atoms with E-state index in [9.17, 15) is 0 Å². The second-order valence-electron chi connectivity index (χ2n) is 6.85. The number of rotatable bonds is 6. The molecule has 1 fully saturated rings. The summed E-state index contributed by atoms with van der Waals surface area (Å²) in [5.41, 5.74) is 5.25. The van der Waals surface area contributed by atoms with Crippen LogP contribution in [0.3, 0.4) is 0 Å². The number of hydrogen-bond donors (Lipinski definition) is 2. The lowest BCUT2D eigenvalue weighted by atomic mass is 9.87. The van der Waals surface area contributed by atoms with Gasteiger partial charge in [-0.25, -0.2) is 15.3 Å². The average molecular weight is 388 g/mol. The van der Waals surface area contributed by atoms with Crippen molar-refractivity contribution in [3.8, 4) is 5.75 Å². The Balaban J connectivity index is 0.00000210. The predicted molar refractivity (Wildman–Crippen MR) is 109 cm³/mol. The second-order valence-corrected chi connectivity index (χ2v) is 6.85. The highest BCUT2D eigenvalue weighted by atomic mass is 35.5. The number of benzene rings is 2. The first-order chi connectivity index (χ1) is 12.8. The smallest absolute Gasteiger partial charge is 0.202 e. The Hall–Kier alpha value is -2.08. The normalized spacial score (nSPS) is 24.0. The summed E-state index contributed by atoms with van der Waals surface area (Å²) >= 11 is 0. The Bertz CT molecular complexity index is 769. The molecule has 2 heterocycles. The third-order valence-electron chi connectivity index (χ3n) is 5.17. The van der Waals surface area contributed by atoms with Gasteiger partial charge in [-0.2, -0.15) is 0 Å². The van der Waals surface area contributed by atoms with E-state index in [2.05, 4.69) is 40.9 Å². The molecule has 0 saturated carbocycles. The van der Waals surface area contributed by atoms with Crippen LogP contribution in [0.2, 0.25) is 0 Å². The van der Waals surface area contributed by atoms with E-state index >= 15 is 0 Å². The van der Waals surface area contributed by atoms with Crippen LogP contribution >= 0.6 is 12.4 Å². The van der Waals surface area contributed by atoms with Gasteiger partial charge < -0.3 is 10.1 Å². The van der Waals surface area contributed by atoms with E-state index < -0.39 is 0 Å². The number of hydroxylamine groups is 1. The molecule has 144 valence electrons. The Kier molecular flexibility index (Phi) is 6.72. The number of ether oxygens (including phenoxy) is 1. The topological polar surface area (TPSA) is 54.9 Å². The van der Waals surface area contributed by atoms with E-state index in [1.807, 2.05) is 36.4 Å². The van der Waals surface area contributed by atoms with Gasteiger partial charge in [0.05, 0.1) is 0 Å². The van der Waals surface area contributed by atoms with Crippen LogP contribution in [0.1, 0.15) is 36.6 Å². The fourth-order valence-corrected chi connectivity index (χ4v) is 3.68. The molecule has 0 aromatic heterocycles. The Morgan fingerprint density at radius 2 is 1.89 bits per heavy atom. The molecule has 5 nitrogen and oxygen atoms in total. The van der Waals surface area contributed by atoms with Crippen LogP contribution in [-0.2, 0) is 4.84 Å². The van der Waals surface area contributed by atoms with E-state index in [1.54, 1.807) is 0 Å². The minimum absolute atomic E-state index is 0. The van der Waals surface area contributed by atoms with Gasteiger partial charge in [0.25, 0.3) is 0 Å². The second kappa shape index (κ2) is 9.22. The number of aliphatic imine (C=N–C) groups is 1. The summed E-state index contributed by atoms with van der Waals surface area (Å²) in [6.45, 7) is 4.78. The van der Waals surface area contributed by atoms with Crippen molar-refractivity contribution in [1.82, 2.24) is 10.8 Å². The zero-order chi connectivity index (χ0) is 17.8. The van der Waals surface area contributed by atoms with Crippen LogP contribution in [0.4, 0.5) is 0 Å². The Morgan fingerprint density at radius 1 is 1.07 bits per heavy atom. The molecule has 3 atom stereocenters. The lowest BCUT2D eigenvalue weighted by Gasteiger charge is -2.18. The Morgan fingerprint density at radius 3 is 2.70 bits per heavy atom. The van der Waals surface area contributed by atoms with Crippen molar-refractivity contribution in [3.05, 3.63) is 65.7 Å². The minimum atomic E-state index is -0.309. The highest BCUT2D eigenvalue weighted by molar-refractivity contribution is 5.85. The summed E-state index contributed by atoms with van der Waals surface area (Å²) in [5, 5.41) is 3.50. The molecule has 0 amide bonds. The van der Waals surface area contributed by atoms with Gasteiger partial charge in [0.15, 0.2) is 5.84 Å². The molecule has 1 unspecified atom stereocenters. The lowest BCUT2D eigenvalue weighted by Crippen LogP contribution is -2.23. The van der Waals surface area contributed by atoms with Crippen molar-refractivity contribution >= 4 is 18.2 Å². The van der Waals surface area contributed by atoms with Gasteiger partial charge in [0, 0.05) is 18.0 Å². The van der Waals surface area contributed by atoms with E-state index in [1.165, 1.54) is 12.0 Å². The van der Waals surface area contributed by atoms with Crippen LogP contribution in [0.25, 0.3) is 0 Å². The van der Waals surface area contributed by atoms with Crippen LogP contribution in [-0.4, -0.2) is 25.5 Å². The average Bonchev–Trinajstić information content (AvgIpc) is 3.36. The Labute approximate surface area is 166 Å². The number of nitrogens with zero attached hydrogens (tertiary/aromatic N) is 1. The first-order valence-corrected chi connectivity index (χ1v) is 9.30. The molecule has 2 aromatic rings. The summed E-state index contributed by atoms with van der Waals surface area (Å²) in [6, 6.07) is 18.4. The highest BCUT2D eigenvalue weighted by Gasteiger charge is 2.27. The molecule has 6 heteroatoms. The molecule has 0 bridgehead atoms. The van der Waals surface area contributed by atoms with E-state index in [-0.39, 0.29) is 18.6 Å². The zero-order valence-electron chi connectivity index (χ0n) is 15.4. The molecule has 4 rings (SSSR count).